The van der Waals surface area contributed by atoms with Crippen molar-refractivity contribution < 1.29 is 28.9 Å². The van der Waals surface area contributed by atoms with Crippen molar-refractivity contribution in [1.29, 1.82) is 0 Å². The van der Waals surface area contributed by atoms with Gasteiger partial charge in [0.15, 0.2) is 0 Å². The summed E-state index contributed by atoms with van der Waals surface area (Å²) in [6.45, 7) is 9.38. The van der Waals surface area contributed by atoms with E-state index in [9.17, 15) is 9.59 Å². The Morgan fingerprint density at radius 2 is 1.29 bits per heavy atom. The molecule has 2 fully saturated rings. The molecule has 0 saturated carbocycles. The Hall–Kier alpha value is -2.14. The molecular formula is C25H36N2O6S2. The topological polar surface area (TPSA) is 88.5 Å². The molecule has 2 aliphatic heterocycles. The number of rotatable bonds is 8. The van der Waals surface area contributed by atoms with Crippen LogP contribution in [0.2, 0.25) is 0 Å². The van der Waals surface area contributed by atoms with Gasteiger partial charge < -0.3 is 29.1 Å². The number of carboxylic acids is 1. The highest BCUT2D eigenvalue weighted by atomic mass is 32.1. The smallest absolute Gasteiger partial charge is 0.348 e. The highest BCUT2D eigenvalue weighted by molar-refractivity contribution is 7.18. The lowest BCUT2D eigenvalue weighted by molar-refractivity contribution is 0.0605. The fourth-order valence-electron chi connectivity index (χ4n) is 4.47. The average Bonchev–Trinajstić information content (AvgIpc) is 3.57. The molecule has 2 aliphatic rings. The molecule has 2 saturated heterocycles. The lowest BCUT2D eigenvalue weighted by Crippen LogP contribution is -2.38. The normalized spacial score (nSPS) is 16.8. The first-order valence-electron chi connectivity index (χ1n) is 12.2. The molecule has 0 unspecified atom stereocenters. The Balaban J connectivity index is 0.000000196. The molecule has 1 N–H and O–H groups in total. The van der Waals surface area contributed by atoms with Gasteiger partial charge in [0.1, 0.15) is 9.75 Å². The Morgan fingerprint density at radius 3 is 1.66 bits per heavy atom. The molecule has 0 aromatic carbocycles. The van der Waals surface area contributed by atoms with E-state index in [0.717, 1.165) is 75.2 Å². The maximum Gasteiger partial charge on any atom is 0.348 e. The van der Waals surface area contributed by atoms with Crippen LogP contribution >= 0.6 is 22.7 Å². The Labute approximate surface area is 215 Å². The number of carboxylic acid groups (broad SMARTS) is 1. The standard InChI is InChI=1S/C13H19NO3S.C12H17NO3S/c1-3-14(10-6-8-17-9-7-10)12-5-4-11(18-12)13(15)16-2;1-2-13(9-5-7-16-8-6-9)11-4-3-10(17-11)12(14)15/h4-5,10H,3,6-9H2,1-2H3;3-4,9H,2,5-8H2,1H3,(H,14,15). The quantitative estimate of drug-likeness (QED) is 0.483. The van der Waals surface area contributed by atoms with E-state index in [-0.39, 0.29) is 5.97 Å². The molecule has 35 heavy (non-hydrogen) atoms. The van der Waals surface area contributed by atoms with Gasteiger partial charge in [0.2, 0.25) is 0 Å². The summed E-state index contributed by atoms with van der Waals surface area (Å²) in [6, 6.07) is 8.45. The van der Waals surface area contributed by atoms with Crippen molar-refractivity contribution in [3.63, 3.8) is 0 Å². The van der Waals surface area contributed by atoms with Gasteiger partial charge >= 0.3 is 11.9 Å². The summed E-state index contributed by atoms with van der Waals surface area (Å²) >= 11 is 2.86. The van der Waals surface area contributed by atoms with Crippen LogP contribution in [0.1, 0.15) is 58.9 Å². The summed E-state index contributed by atoms with van der Waals surface area (Å²) in [5.74, 6) is -1.10. The Kier molecular flexibility index (Phi) is 10.8. The van der Waals surface area contributed by atoms with Crippen LogP contribution < -0.4 is 9.80 Å². The van der Waals surface area contributed by atoms with Gasteiger partial charge in [-0.3, -0.25) is 0 Å². The van der Waals surface area contributed by atoms with Crippen molar-refractivity contribution in [2.45, 2.75) is 51.6 Å². The number of methoxy groups -OCH3 is 1. The average molecular weight is 525 g/mol. The van der Waals surface area contributed by atoms with E-state index in [1.54, 1.807) is 6.07 Å². The fraction of sp³-hybridized carbons (Fsp3) is 0.600. The summed E-state index contributed by atoms with van der Waals surface area (Å²) < 4.78 is 15.5. The Morgan fingerprint density at radius 1 is 0.857 bits per heavy atom. The van der Waals surface area contributed by atoms with Crippen LogP contribution in [0.3, 0.4) is 0 Å². The number of hydrogen-bond acceptors (Lipinski definition) is 9. The van der Waals surface area contributed by atoms with Crippen LogP contribution in [0, 0.1) is 0 Å². The molecule has 4 rings (SSSR count). The first-order valence-corrected chi connectivity index (χ1v) is 13.8. The van der Waals surface area contributed by atoms with Crippen molar-refractivity contribution >= 4 is 44.6 Å². The first-order chi connectivity index (χ1) is 17.0. The number of hydrogen-bond donors (Lipinski definition) is 1. The summed E-state index contributed by atoms with van der Waals surface area (Å²) in [7, 11) is 1.41. The molecule has 8 nitrogen and oxygen atoms in total. The SMILES string of the molecule is CCN(c1ccc(C(=O)O)s1)C1CCOCC1.CCN(c1ccc(C(=O)OC)s1)C1CCOCC1. The number of carbonyl (C=O) groups is 2. The van der Waals surface area contributed by atoms with Gasteiger partial charge in [0, 0.05) is 51.6 Å². The van der Waals surface area contributed by atoms with E-state index in [1.807, 2.05) is 18.2 Å². The maximum absolute atomic E-state index is 11.5. The minimum Gasteiger partial charge on any atom is -0.477 e. The largest absolute Gasteiger partial charge is 0.477 e. The van der Waals surface area contributed by atoms with Gasteiger partial charge in [-0.15, -0.1) is 22.7 Å². The molecule has 194 valence electrons. The zero-order chi connectivity index (χ0) is 25.2. The molecule has 0 spiro atoms. The summed E-state index contributed by atoms with van der Waals surface area (Å²) in [5, 5.41) is 11.1. The van der Waals surface area contributed by atoms with Crippen LogP contribution in [0.4, 0.5) is 10.0 Å². The molecule has 0 amide bonds. The molecule has 10 heteroatoms. The van der Waals surface area contributed by atoms with E-state index >= 15 is 0 Å². The minimum absolute atomic E-state index is 0.255. The third-order valence-corrected chi connectivity index (χ3v) is 8.50. The lowest BCUT2D eigenvalue weighted by atomic mass is 10.1. The zero-order valence-electron chi connectivity index (χ0n) is 20.7. The second-order valence-corrected chi connectivity index (χ2v) is 10.5. The summed E-state index contributed by atoms with van der Waals surface area (Å²) in [6.07, 6.45) is 4.15. The zero-order valence-corrected chi connectivity index (χ0v) is 22.4. The molecular weight excluding hydrogens is 488 g/mol. The molecule has 4 heterocycles. The summed E-state index contributed by atoms with van der Waals surface area (Å²) in [4.78, 5) is 28.1. The van der Waals surface area contributed by atoms with Crippen molar-refractivity contribution in [1.82, 2.24) is 0 Å². The number of carbonyl (C=O) groups excluding carboxylic acids is 1. The molecule has 0 bridgehead atoms. The number of aromatic carboxylic acids is 1. The maximum atomic E-state index is 11.5. The second-order valence-electron chi connectivity index (χ2n) is 8.33. The van der Waals surface area contributed by atoms with Crippen LogP contribution in [0.15, 0.2) is 24.3 Å². The highest BCUT2D eigenvalue weighted by Gasteiger charge is 2.23. The van der Waals surface area contributed by atoms with Gasteiger partial charge in [-0.05, 0) is 63.8 Å². The number of thiophene rings is 2. The monoisotopic (exact) mass is 524 g/mol. The van der Waals surface area contributed by atoms with Crippen LogP contribution in [0.5, 0.6) is 0 Å². The lowest BCUT2D eigenvalue weighted by Gasteiger charge is -2.34. The van der Waals surface area contributed by atoms with E-state index in [2.05, 4.69) is 23.6 Å². The molecule has 0 atom stereocenters. The summed E-state index contributed by atoms with van der Waals surface area (Å²) in [5.41, 5.74) is 0. The van der Waals surface area contributed by atoms with Crippen LogP contribution in [-0.2, 0) is 14.2 Å². The molecule has 2 aromatic rings. The first kappa shape index (κ1) is 27.4. The van der Waals surface area contributed by atoms with E-state index in [0.29, 0.717) is 21.8 Å². The molecule has 0 radical (unpaired) electrons. The van der Waals surface area contributed by atoms with E-state index in [4.69, 9.17) is 19.3 Å². The number of nitrogens with zero attached hydrogens (tertiary/aromatic N) is 2. The van der Waals surface area contributed by atoms with Crippen molar-refractivity contribution in [3.8, 4) is 0 Å². The van der Waals surface area contributed by atoms with Crippen LogP contribution in [-0.4, -0.2) is 75.8 Å². The predicted molar refractivity (Wildman–Crippen MR) is 141 cm³/mol. The number of anilines is 2. The van der Waals surface area contributed by atoms with Gasteiger partial charge in [0.05, 0.1) is 17.1 Å². The van der Waals surface area contributed by atoms with E-state index < -0.39 is 5.97 Å². The van der Waals surface area contributed by atoms with Gasteiger partial charge in [-0.2, -0.15) is 0 Å². The Bertz CT molecular complexity index is 934. The second kappa shape index (κ2) is 13.8. The van der Waals surface area contributed by atoms with Crippen molar-refractivity contribution in [3.05, 3.63) is 34.0 Å². The van der Waals surface area contributed by atoms with Gasteiger partial charge in [-0.25, -0.2) is 9.59 Å². The van der Waals surface area contributed by atoms with Crippen molar-refractivity contribution in [2.75, 3.05) is 56.4 Å². The molecule has 0 aliphatic carbocycles. The van der Waals surface area contributed by atoms with Gasteiger partial charge in [0.25, 0.3) is 0 Å². The highest BCUT2D eigenvalue weighted by Crippen LogP contribution is 2.31. The molecule has 2 aromatic heterocycles. The fourth-order valence-corrected chi connectivity index (χ4v) is 6.51. The van der Waals surface area contributed by atoms with E-state index in [1.165, 1.54) is 29.8 Å². The third kappa shape index (κ3) is 7.42. The predicted octanol–water partition coefficient (Wildman–Crippen LogP) is 4.99. The van der Waals surface area contributed by atoms with Gasteiger partial charge in [-0.1, -0.05) is 0 Å². The van der Waals surface area contributed by atoms with Crippen molar-refractivity contribution in [2.24, 2.45) is 0 Å². The number of ether oxygens (including phenoxy) is 3. The minimum atomic E-state index is -0.843. The third-order valence-electron chi connectivity index (χ3n) is 6.29. The van der Waals surface area contributed by atoms with Crippen LogP contribution in [0.25, 0.3) is 0 Å². The number of esters is 1.